The van der Waals surface area contributed by atoms with Gasteiger partial charge in [0, 0.05) is 33.5 Å². The number of nitrogens with zero attached hydrogens (tertiary/aromatic N) is 1. The number of nitrogens with one attached hydrogen (secondary N) is 2. The molecule has 110 valence electrons. The number of piperidine rings is 1. The average Bonchev–Trinajstić information content (AvgIpc) is 2.44. The summed E-state index contributed by atoms with van der Waals surface area (Å²) >= 11 is 0. The third kappa shape index (κ3) is 5.59. The van der Waals surface area contributed by atoms with Crippen LogP contribution in [0.3, 0.4) is 0 Å². The summed E-state index contributed by atoms with van der Waals surface area (Å²) in [6.07, 6.45) is 3.37. The topological polar surface area (TPSA) is 61.4 Å². The lowest BCUT2D eigenvalue weighted by Crippen LogP contribution is -2.37. The predicted octanol–water partition coefficient (Wildman–Crippen LogP) is 0.607. The van der Waals surface area contributed by atoms with Crippen molar-refractivity contribution in [3.63, 3.8) is 0 Å². The van der Waals surface area contributed by atoms with Crippen LogP contribution in [0.4, 0.5) is 0 Å². The molecule has 0 aromatic heterocycles. The van der Waals surface area contributed by atoms with Crippen LogP contribution in [-0.2, 0) is 9.59 Å². The van der Waals surface area contributed by atoms with Gasteiger partial charge in [-0.3, -0.25) is 9.59 Å². The zero-order valence-electron chi connectivity index (χ0n) is 12.4. The van der Waals surface area contributed by atoms with Crippen LogP contribution in [0.25, 0.3) is 0 Å². The van der Waals surface area contributed by atoms with Crippen LogP contribution in [0.15, 0.2) is 0 Å². The minimum Gasteiger partial charge on any atom is -0.359 e. The van der Waals surface area contributed by atoms with Gasteiger partial charge in [-0.05, 0) is 37.8 Å². The number of hydrogen-bond donors (Lipinski definition) is 2. The molecular formula is C14H27N3O2. The number of carbonyl (C=O) groups excluding carboxylic acids is 2. The van der Waals surface area contributed by atoms with Crippen LogP contribution in [0.2, 0.25) is 0 Å². The standard InChI is InChI=1S/C14H27N3O2/c1-11(12-5-4-7-16-10-12)9-14(19)17(3)8-6-13(18)15-2/h11-12,16H,4-10H2,1-3H3,(H,15,18). The largest absolute Gasteiger partial charge is 0.359 e. The molecule has 1 aliphatic rings. The summed E-state index contributed by atoms with van der Waals surface area (Å²) in [6, 6.07) is 0. The molecule has 1 rings (SSSR count). The second-order valence-corrected chi connectivity index (χ2v) is 5.53. The first kappa shape index (κ1) is 16.0. The molecule has 0 aromatic carbocycles. The highest BCUT2D eigenvalue weighted by Crippen LogP contribution is 2.22. The van der Waals surface area contributed by atoms with E-state index in [1.165, 1.54) is 12.8 Å². The quantitative estimate of drug-likeness (QED) is 0.742. The maximum Gasteiger partial charge on any atom is 0.222 e. The lowest BCUT2D eigenvalue weighted by Gasteiger charge is -2.29. The lowest BCUT2D eigenvalue weighted by molar-refractivity contribution is -0.131. The second kappa shape index (κ2) is 8.15. The molecule has 1 saturated heterocycles. The molecule has 2 atom stereocenters. The Morgan fingerprint density at radius 2 is 2.21 bits per heavy atom. The van der Waals surface area contributed by atoms with Gasteiger partial charge < -0.3 is 15.5 Å². The molecular weight excluding hydrogens is 242 g/mol. The molecule has 5 heteroatoms. The molecule has 2 unspecified atom stereocenters. The van der Waals surface area contributed by atoms with Crippen molar-refractivity contribution < 1.29 is 9.59 Å². The van der Waals surface area contributed by atoms with Gasteiger partial charge in [0.25, 0.3) is 0 Å². The molecule has 5 nitrogen and oxygen atoms in total. The highest BCUT2D eigenvalue weighted by molar-refractivity contribution is 5.78. The van der Waals surface area contributed by atoms with E-state index in [4.69, 9.17) is 0 Å². The van der Waals surface area contributed by atoms with E-state index in [-0.39, 0.29) is 11.8 Å². The fourth-order valence-corrected chi connectivity index (χ4v) is 2.48. The Morgan fingerprint density at radius 1 is 1.47 bits per heavy atom. The van der Waals surface area contributed by atoms with E-state index >= 15 is 0 Å². The molecule has 2 N–H and O–H groups in total. The molecule has 0 spiro atoms. The monoisotopic (exact) mass is 269 g/mol. The van der Waals surface area contributed by atoms with Crippen molar-refractivity contribution in [1.29, 1.82) is 0 Å². The van der Waals surface area contributed by atoms with Crippen LogP contribution in [-0.4, -0.2) is 50.4 Å². The summed E-state index contributed by atoms with van der Waals surface area (Å²) in [6.45, 7) is 4.77. The molecule has 1 aliphatic heterocycles. The van der Waals surface area contributed by atoms with Gasteiger partial charge >= 0.3 is 0 Å². The molecule has 0 aliphatic carbocycles. The maximum atomic E-state index is 12.1. The van der Waals surface area contributed by atoms with Gasteiger partial charge in [-0.2, -0.15) is 0 Å². The third-order valence-corrected chi connectivity index (χ3v) is 4.02. The second-order valence-electron chi connectivity index (χ2n) is 5.53. The van der Waals surface area contributed by atoms with Gasteiger partial charge in [0.05, 0.1) is 0 Å². The van der Waals surface area contributed by atoms with Gasteiger partial charge in [-0.25, -0.2) is 0 Å². The number of carbonyl (C=O) groups is 2. The Kier molecular flexibility index (Phi) is 6.84. The predicted molar refractivity (Wildman–Crippen MR) is 75.7 cm³/mol. The molecule has 1 heterocycles. The zero-order valence-corrected chi connectivity index (χ0v) is 12.4. The van der Waals surface area contributed by atoms with Gasteiger partial charge in [0.2, 0.25) is 11.8 Å². The van der Waals surface area contributed by atoms with Gasteiger partial charge in [0.15, 0.2) is 0 Å². The summed E-state index contributed by atoms with van der Waals surface area (Å²) in [4.78, 5) is 24.9. The normalized spacial score (nSPS) is 20.7. The van der Waals surface area contributed by atoms with Crippen LogP contribution >= 0.6 is 0 Å². The van der Waals surface area contributed by atoms with Crippen LogP contribution in [0.5, 0.6) is 0 Å². The first-order valence-electron chi connectivity index (χ1n) is 7.19. The highest BCUT2D eigenvalue weighted by atomic mass is 16.2. The molecule has 0 bridgehead atoms. The SMILES string of the molecule is CNC(=O)CCN(C)C(=O)CC(C)C1CCCNC1. The van der Waals surface area contributed by atoms with E-state index in [9.17, 15) is 9.59 Å². The number of rotatable bonds is 6. The fourth-order valence-electron chi connectivity index (χ4n) is 2.48. The van der Waals surface area contributed by atoms with E-state index in [0.717, 1.165) is 13.1 Å². The van der Waals surface area contributed by atoms with E-state index < -0.39 is 0 Å². The fraction of sp³-hybridized carbons (Fsp3) is 0.857. The highest BCUT2D eigenvalue weighted by Gasteiger charge is 2.23. The van der Waals surface area contributed by atoms with Crippen molar-refractivity contribution in [1.82, 2.24) is 15.5 Å². The summed E-state index contributed by atoms with van der Waals surface area (Å²) in [7, 11) is 3.39. The zero-order chi connectivity index (χ0) is 14.3. The summed E-state index contributed by atoms with van der Waals surface area (Å²) in [5, 5.41) is 5.95. The van der Waals surface area contributed by atoms with Gasteiger partial charge in [-0.1, -0.05) is 6.92 Å². The minimum atomic E-state index is -0.0239. The average molecular weight is 269 g/mol. The van der Waals surface area contributed by atoms with E-state index in [0.29, 0.717) is 31.2 Å². The van der Waals surface area contributed by atoms with E-state index in [1.807, 2.05) is 0 Å². The van der Waals surface area contributed by atoms with Gasteiger partial charge in [-0.15, -0.1) is 0 Å². The third-order valence-electron chi connectivity index (χ3n) is 4.02. The van der Waals surface area contributed by atoms with Crippen molar-refractivity contribution in [2.24, 2.45) is 11.8 Å². The molecule has 2 amide bonds. The molecule has 19 heavy (non-hydrogen) atoms. The summed E-state index contributed by atoms with van der Waals surface area (Å²) in [5.41, 5.74) is 0. The van der Waals surface area contributed by atoms with Crippen LogP contribution in [0, 0.1) is 11.8 Å². The molecule has 0 saturated carbocycles. The number of hydrogen-bond acceptors (Lipinski definition) is 3. The van der Waals surface area contributed by atoms with Crippen molar-refractivity contribution in [2.75, 3.05) is 33.7 Å². The molecule has 0 radical (unpaired) electrons. The Labute approximate surface area is 116 Å². The number of amides is 2. The van der Waals surface area contributed by atoms with E-state index in [1.54, 1.807) is 19.0 Å². The lowest BCUT2D eigenvalue weighted by atomic mass is 9.85. The Bertz CT molecular complexity index is 301. The first-order chi connectivity index (χ1) is 9.04. The van der Waals surface area contributed by atoms with Crippen molar-refractivity contribution in [2.45, 2.75) is 32.6 Å². The molecule has 0 aromatic rings. The van der Waals surface area contributed by atoms with Crippen molar-refractivity contribution in [3.05, 3.63) is 0 Å². The van der Waals surface area contributed by atoms with Crippen LogP contribution in [0.1, 0.15) is 32.6 Å². The molecule has 1 fully saturated rings. The summed E-state index contributed by atoms with van der Waals surface area (Å²) < 4.78 is 0. The van der Waals surface area contributed by atoms with Crippen molar-refractivity contribution in [3.8, 4) is 0 Å². The Hall–Kier alpha value is -1.10. The smallest absolute Gasteiger partial charge is 0.222 e. The minimum absolute atomic E-state index is 0.0239. The Morgan fingerprint density at radius 3 is 2.79 bits per heavy atom. The summed E-state index contributed by atoms with van der Waals surface area (Å²) in [5.74, 6) is 1.12. The van der Waals surface area contributed by atoms with Crippen molar-refractivity contribution >= 4 is 11.8 Å². The van der Waals surface area contributed by atoms with E-state index in [2.05, 4.69) is 17.6 Å². The van der Waals surface area contributed by atoms with Crippen LogP contribution < -0.4 is 10.6 Å². The Balaban J connectivity index is 2.29. The first-order valence-corrected chi connectivity index (χ1v) is 7.19. The van der Waals surface area contributed by atoms with Gasteiger partial charge in [0.1, 0.15) is 0 Å². The maximum absolute atomic E-state index is 12.1.